The van der Waals surface area contributed by atoms with Crippen LogP contribution in [0.5, 0.6) is 0 Å². The molecule has 0 aliphatic heterocycles. The van der Waals surface area contributed by atoms with E-state index in [-0.39, 0.29) is 0 Å². The molecule has 0 saturated heterocycles. The first-order valence-electron chi connectivity index (χ1n) is 8.36. The summed E-state index contributed by atoms with van der Waals surface area (Å²) in [6.45, 7) is 13.3. The molecule has 21 heavy (non-hydrogen) atoms. The van der Waals surface area contributed by atoms with Gasteiger partial charge in [-0.1, -0.05) is 39.7 Å². The fraction of sp³-hybridized carbons (Fsp3) is 0.579. The molecule has 2 aromatic rings. The summed E-state index contributed by atoms with van der Waals surface area (Å²) in [7, 11) is 0. The van der Waals surface area contributed by atoms with Crippen molar-refractivity contribution in [3.63, 3.8) is 0 Å². The number of rotatable bonds is 7. The molecule has 0 spiro atoms. The first-order chi connectivity index (χ1) is 10.0. The van der Waals surface area contributed by atoms with Crippen molar-refractivity contribution < 1.29 is 0 Å². The predicted molar refractivity (Wildman–Crippen MR) is 92.9 cm³/mol. The zero-order chi connectivity index (χ0) is 15.4. The minimum atomic E-state index is 0.530. The molecule has 0 unspecified atom stereocenters. The first kappa shape index (κ1) is 16.1. The van der Waals surface area contributed by atoms with Crippen LogP contribution in [0.15, 0.2) is 18.2 Å². The highest BCUT2D eigenvalue weighted by atomic mass is 15.0. The Labute approximate surface area is 129 Å². The van der Waals surface area contributed by atoms with E-state index >= 15 is 0 Å². The van der Waals surface area contributed by atoms with E-state index in [9.17, 15) is 0 Å². The van der Waals surface area contributed by atoms with Gasteiger partial charge in [0.05, 0.1) is 0 Å². The Kier molecular flexibility index (Phi) is 5.46. The highest BCUT2D eigenvalue weighted by Gasteiger charge is 2.11. The third-order valence-corrected chi connectivity index (χ3v) is 4.40. The molecular formula is C19H30N2. The monoisotopic (exact) mass is 286 g/mol. The lowest BCUT2D eigenvalue weighted by Gasteiger charge is -2.10. The second-order valence-corrected chi connectivity index (χ2v) is 6.46. The summed E-state index contributed by atoms with van der Waals surface area (Å²) in [4.78, 5) is 0. The van der Waals surface area contributed by atoms with Crippen LogP contribution in [0.2, 0.25) is 0 Å². The van der Waals surface area contributed by atoms with Crippen molar-refractivity contribution in [1.82, 2.24) is 9.88 Å². The van der Waals surface area contributed by atoms with Crippen LogP contribution in [0.3, 0.4) is 0 Å². The Balaban J connectivity index is 2.28. The molecule has 0 radical (unpaired) electrons. The van der Waals surface area contributed by atoms with E-state index in [4.69, 9.17) is 0 Å². The van der Waals surface area contributed by atoms with Crippen molar-refractivity contribution in [2.24, 2.45) is 0 Å². The molecule has 1 aromatic carbocycles. The van der Waals surface area contributed by atoms with E-state index in [1.165, 1.54) is 47.0 Å². The molecule has 1 aromatic heterocycles. The molecule has 1 heterocycles. The molecule has 0 fully saturated rings. The Hall–Kier alpha value is -1.28. The Bertz CT molecular complexity index is 593. The van der Waals surface area contributed by atoms with Crippen LogP contribution in [0.4, 0.5) is 0 Å². The highest BCUT2D eigenvalue weighted by Crippen LogP contribution is 2.27. The quantitative estimate of drug-likeness (QED) is 0.713. The zero-order valence-corrected chi connectivity index (χ0v) is 14.3. The van der Waals surface area contributed by atoms with Crippen LogP contribution in [-0.4, -0.2) is 10.6 Å². The fourth-order valence-electron chi connectivity index (χ4n) is 2.94. The molecule has 0 aliphatic rings. The maximum atomic E-state index is 3.50. The summed E-state index contributed by atoms with van der Waals surface area (Å²) in [5.41, 5.74) is 5.64. The van der Waals surface area contributed by atoms with Gasteiger partial charge < -0.3 is 9.88 Å². The molecule has 0 amide bonds. The van der Waals surface area contributed by atoms with E-state index in [0.717, 1.165) is 13.1 Å². The van der Waals surface area contributed by atoms with Gasteiger partial charge in [-0.25, -0.2) is 0 Å². The molecule has 0 atom stereocenters. The number of unbranched alkanes of at least 4 members (excludes halogenated alkanes) is 2. The van der Waals surface area contributed by atoms with Crippen molar-refractivity contribution in [1.29, 1.82) is 0 Å². The van der Waals surface area contributed by atoms with Crippen molar-refractivity contribution in [2.45, 2.75) is 73.0 Å². The number of aromatic nitrogens is 1. The summed E-state index contributed by atoms with van der Waals surface area (Å²) in [5, 5.41) is 4.93. The summed E-state index contributed by atoms with van der Waals surface area (Å²) in [5.74, 6) is 0. The van der Waals surface area contributed by atoms with E-state index in [0.29, 0.717) is 6.04 Å². The van der Waals surface area contributed by atoms with Crippen LogP contribution in [-0.2, 0) is 13.1 Å². The fourth-order valence-corrected chi connectivity index (χ4v) is 2.94. The summed E-state index contributed by atoms with van der Waals surface area (Å²) in [6.07, 6.45) is 3.87. The second-order valence-electron chi connectivity index (χ2n) is 6.46. The lowest BCUT2D eigenvalue weighted by atomic mass is 10.1. The molecule has 2 rings (SSSR count). The van der Waals surface area contributed by atoms with Gasteiger partial charge in [-0.05, 0) is 43.5 Å². The third kappa shape index (κ3) is 3.68. The Morgan fingerprint density at radius 2 is 1.90 bits per heavy atom. The SMILES string of the molecule is CCCCCn1c(C)c(C)c2cc(CNC(C)C)ccc21. The molecule has 2 heteroatoms. The molecular weight excluding hydrogens is 256 g/mol. The number of nitrogens with one attached hydrogen (secondary N) is 1. The molecule has 1 N–H and O–H groups in total. The maximum absolute atomic E-state index is 3.50. The molecule has 0 bridgehead atoms. The van der Waals surface area contributed by atoms with Crippen LogP contribution < -0.4 is 5.32 Å². The van der Waals surface area contributed by atoms with E-state index in [2.05, 4.69) is 62.7 Å². The van der Waals surface area contributed by atoms with Crippen molar-refractivity contribution in [3.8, 4) is 0 Å². The van der Waals surface area contributed by atoms with Gasteiger partial charge in [-0.2, -0.15) is 0 Å². The van der Waals surface area contributed by atoms with Gasteiger partial charge in [-0.3, -0.25) is 0 Å². The lowest BCUT2D eigenvalue weighted by Crippen LogP contribution is -2.21. The van der Waals surface area contributed by atoms with Gasteiger partial charge in [0.15, 0.2) is 0 Å². The van der Waals surface area contributed by atoms with Gasteiger partial charge in [0.2, 0.25) is 0 Å². The van der Waals surface area contributed by atoms with Crippen molar-refractivity contribution >= 4 is 10.9 Å². The summed E-state index contributed by atoms with van der Waals surface area (Å²) < 4.78 is 2.50. The zero-order valence-electron chi connectivity index (χ0n) is 14.3. The third-order valence-electron chi connectivity index (χ3n) is 4.40. The summed E-state index contributed by atoms with van der Waals surface area (Å²) >= 11 is 0. The molecule has 116 valence electrons. The van der Waals surface area contributed by atoms with E-state index in [1.807, 2.05) is 0 Å². The van der Waals surface area contributed by atoms with E-state index in [1.54, 1.807) is 0 Å². The molecule has 0 saturated carbocycles. The Morgan fingerprint density at radius 1 is 1.14 bits per heavy atom. The topological polar surface area (TPSA) is 17.0 Å². The van der Waals surface area contributed by atoms with Gasteiger partial charge in [-0.15, -0.1) is 0 Å². The molecule has 0 aliphatic carbocycles. The van der Waals surface area contributed by atoms with E-state index < -0.39 is 0 Å². The van der Waals surface area contributed by atoms with Crippen LogP contribution in [0, 0.1) is 13.8 Å². The minimum Gasteiger partial charge on any atom is -0.345 e. The van der Waals surface area contributed by atoms with Crippen LogP contribution >= 0.6 is 0 Å². The smallest absolute Gasteiger partial charge is 0.0485 e. The first-order valence-corrected chi connectivity index (χ1v) is 8.36. The Morgan fingerprint density at radius 3 is 2.57 bits per heavy atom. The normalized spacial score (nSPS) is 11.7. The van der Waals surface area contributed by atoms with Gasteiger partial charge in [0, 0.05) is 35.7 Å². The maximum Gasteiger partial charge on any atom is 0.0485 e. The van der Waals surface area contributed by atoms with Gasteiger partial charge >= 0.3 is 0 Å². The van der Waals surface area contributed by atoms with Crippen LogP contribution in [0.25, 0.3) is 10.9 Å². The minimum absolute atomic E-state index is 0.530. The summed E-state index contributed by atoms with van der Waals surface area (Å²) in [6, 6.07) is 7.47. The lowest BCUT2D eigenvalue weighted by molar-refractivity contribution is 0.589. The average molecular weight is 286 g/mol. The average Bonchev–Trinajstić information content (AvgIpc) is 2.70. The largest absolute Gasteiger partial charge is 0.345 e. The number of nitrogens with zero attached hydrogens (tertiary/aromatic N) is 1. The highest BCUT2D eigenvalue weighted by molar-refractivity contribution is 5.86. The number of fused-ring (bicyclic) bond motifs is 1. The molecule has 2 nitrogen and oxygen atoms in total. The van der Waals surface area contributed by atoms with Gasteiger partial charge in [0.1, 0.15) is 0 Å². The number of aryl methyl sites for hydroxylation is 2. The number of benzene rings is 1. The number of hydrogen-bond donors (Lipinski definition) is 1. The van der Waals surface area contributed by atoms with Crippen molar-refractivity contribution in [3.05, 3.63) is 35.0 Å². The predicted octanol–water partition coefficient (Wildman–Crippen LogP) is 4.95. The van der Waals surface area contributed by atoms with Crippen LogP contribution in [0.1, 0.15) is 56.9 Å². The standard InChI is InChI=1S/C19H30N2/c1-6-7-8-11-21-16(5)15(4)18-12-17(9-10-19(18)21)13-20-14(2)3/h9-10,12,14,20H,6-8,11,13H2,1-5H3. The number of hydrogen-bond acceptors (Lipinski definition) is 1. The van der Waals surface area contributed by atoms with Crippen molar-refractivity contribution in [2.75, 3.05) is 0 Å². The van der Waals surface area contributed by atoms with Gasteiger partial charge in [0.25, 0.3) is 0 Å². The second kappa shape index (κ2) is 7.13.